The summed E-state index contributed by atoms with van der Waals surface area (Å²) in [6, 6.07) is 3.61. The fraction of sp³-hybridized carbons (Fsp3) is 0.200. The van der Waals surface area contributed by atoms with Gasteiger partial charge in [-0.25, -0.2) is 4.98 Å². The van der Waals surface area contributed by atoms with E-state index in [1.54, 1.807) is 12.3 Å². The Morgan fingerprint density at radius 3 is 3.12 bits per heavy atom. The van der Waals surface area contributed by atoms with Crippen LogP contribution >= 0.6 is 0 Å². The van der Waals surface area contributed by atoms with Crippen molar-refractivity contribution in [2.75, 3.05) is 5.32 Å². The lowest BCUT2D eigenvalue weighted by Gasteiger charge is -2.02. The highest BCUT2D eigenvalue weighted by atomic mass is 16.4. The third-order valence-corrected chi connectivity index (χ3v) is 1.92. The van der Waals surface area contributed by atoms with Gasteiger partial charge in [-0.1, -0.05) is 0 Å². The molecule has 0 radical (unpaired) electrons. The molecule has 0 aliphatic carbocycles. The second-order valence-electron chi connectivity index (χ2n) is 3.12. The molecule has 0 fully saturated rings. The van der Waals surface area contributed by atoms with E-state index in [-0.39, 0.29) is 0 Å². The highest BCUT2D eigenvalue weighted by Gasteiger charge is 2.05. The van der Waals surface area contributed by atoms with E-state index in [9.17, 15) is 0 Å². The van der Waals surface area contributed by atoms with Crippen LogP contribution in [0.1, 0.15) is 17.2 Å². The summed E-state index contributed by atoms with van der Waals surface area (Å²) >= 11 is 0. The summed E-state index contributed by atoms with van der Waals surface area (Å²) < 4.78 is 5.27. The maximum atomic E-state index is 8.82. The van der Waals surface area contributed by atoms with Crippen LogP contribution in [0, 0.1) is 18.3 Å². The van der Waals surface area contributed by atoms with Gasteiger partial charge >= 0.3 is 0 Å². The van der Waals surface area contributed by atoms with Gasteiger partial charge < -0.3 is 9.73 Å². The highest BCUT2D eigenvalue weighted by Crippen LogP contribution is 2.10. The molecule has 6 nitrogen and oxygen atoms in total. The highest BCUT2D eigenvalue weighted by molar-refractivity contribution is 5.49. The molecule has 0 spiro atoms. The lowest BCUT2D eigenvalue weighted by Crippen LogP contribution is -2.04. The number of hydrogen-bond donors (Lipinski definition) is 1. The van der Waals surface area contributed by atoms with Gasteiger partial charge in [-0.05, 0) is 13.0 Å². The maximum absolute atomic E-state index is 8.82. The van der Waals surface area contributed by atoms with Crippen LogP contribution in [0.15, 0.2) is 22.9 Å². The predicted octanol–water partition coefficient (Wildman–Crippen LogP) is 1.26. The van der Waals surface area contributed by atoms with Crippen LogP contribution in [-0.2, 0) is 6.54 Å². The molecular formula is C10H9N5O. The molecule has 1 N–H and O–H groups in total. The van der Waals surface area contributed by atoms with Crippen LogP contribution in [0.25, 0.3) is 0 Å². The van der Waals surface area contributed by atoms with Gasteiger partial charge in [0.15, 0.2) is 5.82 Å². The molecule has 0 atom stereocenters. The van der Waals surface area contributed by atoms with Crippen LogP contribution < -0.4 is 5.32 Å². The van der Waals surface area contributed by atoms with E-state index in [0.29, 0.717) is 23.8 Å². The van der Waals surface area contributed by atoms with Crippen molar-refractivity contribution in [3.05, 3.63) is 35.7 Å². The van der Waals surface area contributed by atoms with E-state index in [4.69, 9.17) is 9.68 Å². The topological polar surface area (TPSA) is 87.6 Å². The molecule has 2 aromatic heterocycles. The van der Waals surface area contributed by atoms with Gasteiger partial charge in [-0.2, -0.15) is 10.4 Å². The zero-order valence-corrected chi connectivity index (χ0v) is 8.64. The number of nitrogens with one attached hydrogen (secondary N) is 1. The second kappa shape index (κ2) is 4.40. The summed E-state index contributed by atoms with van der Waals surface area (Å²) in [7, 11) is 0. The number of nitrogens with zero attached hydrogens (tertiary/aromatic N) is 4. The van der Waals surface area contributed by atoms with Crippen LogP contribution in [-0.4, -0.2) is 15.2 Å². The molecule has 0 aliphatic rings. The molecule has 0 amide bonds. The third-order valence-electron chi connectivity index (χ3n) is 1.92. The SMILES string of the molecule is Cc1cnc(CNc2nnccc2C#N)o1. The minimum Gasteiger partial charge on any atom is -0.444 e. The number of nitriles is 1. The molecule has 0 saturated carbocycles. The molecule has 0 unspecified atom stereocenters. The molecule has 6 heteroatoms. The zero-order chi connectivity index (χ0) is 11.4. The standard InChI is InChI=1S/C10H9N5O/c1-7-5-12-9(16-7)6-13-10-8(4-11)2-3-14-15-10/h2-3,5H,6H2,1H3,(H,13,15). The largest absolute Gasteiger partial charge is 0.444 e. The molecule has 0 aliphatic heterocycles. The van der Waals surface area contributed by atoms with Crippen molar-refractivity contribution >= 4 is 5.82 Å². The summed E-state index contributed by atoms with van der Waals surface area (Å²) in [6.07, 6.45) is 3.11. The average Bonchev–Trinajstić information content (AvgIpc) is 2.73. The van der Waals surface area contributed by atoms with E-state index in [0.717, 1.165) is 5.76 Å². The Balaban J connectivity index is 2.08. The number of anilines is 1. The Morgan fingerprint density at radius 2 is 2.44 bits per heavy atom. The van der Waals surface area contributed by atoms with Gasteiger partial charge in [0.25, 0.3) is 0 Å². The minimum atomic E-state index is 0.376. The fourth-order valence-corrected chi connectivity index (χ4v) is 1.20. The molecule has 2 rings (SSSR count). The Hall–Kier alpha value is -2.42. The first kappa shape index (κ1) is 10.1. The fourth-order valence-electron chi connectivity index (χ4n) is 1.20. The van der Waals surface area contributed by atoms with Crippen LogP contribution in [0.3, 0.4) is 0 Å². The number of rotatable bonds is 3. The molecule has 80 valence electrons. The van der Waals surface area contributed by atoms with Crippen molar-refractivity contribution in [3.63, 3.8) is 0 Å². The third kappa shape index (κ3) is 2.15. The van der Waals surface area contributed by atoms with Crippen LogP contribution in [0.4, 0.5) is 5.82 Å². The Bertz CT molecular complexity index is 528. The molecular weight excluding hydrogens is 206 g/mol. The lowest BCUT2D eigenvalue weighted by molar-refractivity contribution is 0.478. The van der Waals surface area contributed by atoms with Crippen molar-refractivity contribution in [2.45, 2.75) is 13.5 Å². The van der Waals surface area contributed by atoms with Gasteiger partial charge in [0.1, 0.15) is 11.8 Å². The van der Waals surface area contributed by atoms with Crippen molar-refractivity contribution in [1.29, 1.82) is 5.26 Å². The molecule has 0 saturated heterocycles. The molecule has 2 aromatic rings. The summed E-state index contributed by atoms with van der Waals surface area (Å²) in [4.78, 5) is 4.03. The second-order valence-corrected chi connectivity index (χ2v) is 3.12. The normalized spacial score (nSPS) is 9.75. The smallest absolute Gasteiger partial charge is 0.213 e. The van der Waals surface area contributed by atoms with Crippen molar-refractivity contribution in [1.82, 2.24) is 15.2 Å². The molecule has 0 bridgehead atoms. The van der Waals surface area contributed by atoms with Crippen molar-refractivity contribution in [3.8, 4) is 6.07 Å². The molecule has 16 heavy (non-hydrogen) atoms. The van der Waals surface area contributed by atoms with E-state index < -0.39 is 0 Å². The number of aromatic nitrogens is 3. The maximum Gasteiger partial charge on any atom is 0.213 e. The number of aryl methyl sites for hydroxylation is 1. The van der Waals surface area contributed by atoms with Crippen molar-refractivity contribution < 1.29 is 4.42 Å². The predicted molar refractivity (Wildman–Crippen MR) is 55.3 cm³/mol. The first-order valence-corrected chi connectivity index (χ1v) is 4.66. The molecule has 0 aromatic carbocycles. The van der Waals surface area contributed by atoms with E-state index >= 15 is 0 Å². The summed E-state index contributed by atoms with van der Waals surface area (Å²) in [6.45, 7) is 2.20. The van der Waals surface area contributed by atoms with Crippen LogP contribution in [0.5, 0.6) is 0 Å². The van der Waals surface area contributed by atoms with Gasteiger partial charge in [0.2, 0.25) is 5.89 Å². The Kier molecular flexibility index (Phi) is 2.78. The van der Waals surface area contributed by atoms with Crippen molar-refractivity contribution in [2.24, 2.45) is 0 Å². The summed E-state index contributed by atoms with van der Waals surface area (Å²) in [5.74, 6) is 1.73. The Labute approximate surface area is 91.9 Å². The zero-order valence-electron chi connectivity index (χ0n) is 8.64. The van der Waals surface area contributed by atoms with Gasteiger partial charge in [0.05, 0.1) is 24.5 Å². The summed E-state index contributed by atoms with van der Waals surface area (Å²) in [5.41, 5.74) is 0.443. The minimum absolute atomic E-state index is 0.376. The van der Waals surface area contributed by atoms with Gasteiger partial charge in [-0.15, -0.1) is 5.10 Å². The lowest BCUT2D eigenvalue weighted by atomic mass is 10.3. The van der Waals surface area contributed by atoms with E-state index in [2.05, 4.69) is 20.5 Å². The van der Waals surface area contributed by atoms with E-state index in [1.165, 1.54) is 6.20 Å². The Morgan fingerprint density at radius 1 is 1.56 bits per heavy atom. The summed E-state index contributed by atoms with van der Waals surface area (Å²) in [5, 5.41) is 19.3. The van der Waals surface area contributed by atoms with Gasteiger partial charge in [-0.3, -0.25) is 0 Å². The van der Waals surface area contributed by atoms with Gasteiger partial charge in [0, 0.05) is 0 Å². The monoisotopic (exact) mass is 215 g/mol. The first-order valence-electron chi connectivity index (χ1n) is 4.66. The molecule has 2 heterocycles. The number of oxazole rings is 1. The first-order chi connectivity index (χ1) is 7.79. The van der Waals surface area contributed by atoms with E-state index in [1.807, 2.05) is 13.0 Å². The average molecular weight is 215 g/mol. The number of hydrogen-bond acceptors (Lipinski definition) is 6. The quantitative estimate of drug-likeness (QED) is 0.829. The van der Waals surface area contributed by atoms with Crippen LogP contribution in [0.2, 0.25) is 0 Å².